The third kappa shape index (κ3) is 2.91. The first-order valence-electron chi connectivity index (χ1n) is 7.93. The Labute approximate surface area is 177 Å². The van der Waals surface area contributed by atoms with Crippen LogP contribution in [0.2, 0.25) is 0 Å². The van der Waals surface area contributed by atoms with E-state index in [0.717, 1.165) is 4.90 Å². The van der Waals surface area contributed by atoms with E-state index < -0.39 is 36.0 Å². The summed E-state index contributed by atoms with van der Waals surface area (Å²) in [6.45, 7) is 0. The van der Waals surface area contributed by atoms with E-state index in [1.54, 1.807) is 12.1 Å². The lowest BCUT2D eigenvalue weighted by molar-refractivity contribution is -0.174. The van der Waals surface area contributed by atoms with Gasteiger partial charge in [0.25, 0.3) is 11.8 Å². The third-order valence-corrected chi connectivity index (χ3v) is 7.36. The molecule has 4 rings (SSSR count). The van der Waals surface area contributed by atoms with E-state index in [2.05, 4.69) is 31.9 Å². The number of nitrogens with zero attached hydrogens (tertiary/aromatic N) is 1. The number of hydrogen-bond acceptors (Lipinski definition) is 4. The lowest BCUT2D eigenvalue weighted by Gasteiger charge is -2.23. The summed E-state index contributed by atoms with van der Waals surface area (Å²) in [7, 11) is 0. The fourth-order valence-electron chi connectivity index (χ4n) is 3.59. The summed E-state index contributed by atoms with van der Waals surface area (Å²) < 4.78 is 39.3. The molecule has 3 amide bonds. The summed E-state index contributed by atoms with van der Waals surface area (Å²) in [4.78, 5) is 38.2. The standard InChI is InChI=1S/C17H9Br2F3N2O3S/c18-12-10-8(23-16(27)17(20,21)22)5-9(11(10)13(19)28-12)24-14(25)6-3-1-2-4-7(6)15(24)26/h1-4,8-9H,5H2,(H,23,27)/t8-,9+/m1/s1. The maximum Gasteiger partial charge on any atom is 0.471 e. The van der Waals surface area contributed by atoms with E-state index in [4.69, 9.17) is 0 Å². The van der Waals surface area contributed by atoms with Crippen molar-refractivity contribution < 1.29 is 27.6 Å². The fourth-order valence-corrected chi connectivity index (χ4v) is 7.06. The zero-order chi connectivity index (χ0) is 20.4. The minimum atomic E-state index is -5.03. The fraction of sp³-hybridized carbons (Fsp3) is 0.235. The summed E-state index contributed by atoms with van der Waals surface area (Å²) in [5.74, 6) is -3.08. The third-order valence-electron chi connectivity index (χ3n) is 4.73. The monoisotopic (exact) mass is 536 g/mol. The van der Waals surface area contributed by atoms with Gasteiger partial charge in [-0.25, -0.2) is 0 Å². The number of carbonyl (C=O) groups excluding carboxylic acids is 3. The smallest absolute Gasteiger partial charge is 0.341 e. The van der Waals surface area contributed by atoms with Gasteiger partial charge in [0.05, 0.1) is 30.8 Å². The number of nitrogens with one attached hydrogen (secondary N) is 1. The van der Waals surface area contributed by atoms with E-state index in [-0.39, 0.29) is 17.5 Å². The van der Waals surface area contributed by atoms with Gasteiger partial charge in [-0.3, -0.25) is 19.3 Å². The van der Waals surface area contributed by atoms with Gasteiger partial charge in [-0.1, -0.05) is 12.1 Å². The average molecular weight is 538 g/mol. The lowest BCUT2D eigenvalue weighted by atomic mass is 10.1. The number of alkyl halides is 3. The second-order valence-electron chi connectivity index (χ2n) is 6.28. The number of carbonyl (C=O) groups is 3. The van der Waals surface area contributed by atoms with Crippen molar-refractivity contribution in [3.8, 4) is 0 Å². The van der Waals surface area contributed by atoms with E-state index in [1.807, 2.05) is 5.32 Å². The van der Waals surface area contributed by atoms with Crippen LogP contribution in [0.1, 0.15) is 50.3 Å². The number of imide groups is 1. The highest BCUT2D eigenvalue weighted by molar-refractivity contribution is 9.12. The molecule has 0 saturated carbocycles. The van der Waals surface area contributed by atoms with Crippen LogP contribution in [0.15, 0.2) is 31.8 Å². The first-order valence-corrected chi connectivity index (χ1v) is 10.3. The zero-order valence-electron chi connectivity index (χ0n) is 13.6. The van der Waals surface area contributed by atoms with Gasteiger partial charge in [-0.15, -0.1) is 11.3 Å². The second-order valence-corrected chi connectivity index (χ2v) is 9.93. The molecule has 0 saturated heterocycles. The molecule has 0 spiro atoms. The van der Waals surface area contributed by atoms with Crippen LogP contribution in [0, 0.1) is 0 Å². The molecule has 1 aliphatic carbocycles. The van der Waals surface area contributed by atoms with Gasteiger partial charge in [0.15, 0.2) is 0 Å². The van der Waals surface area contributed by atoms with Crippen LogP contribution in [0.25, 0.3) is 0 Å². The predicted octanol–water partition coefficient (Wildman–Crippen LogP) is 4.73. The molecule has 1 aromatic carbocycles. The highest BCUT2D eigenvalue weighted by Gasteiger charge is 2.49. The van der Waals surface area contributed by atoms with Crippen LogP contribution in [0.4, 0.5) is 13.2 Å². The number of amides is 3. The van der Waals surface area contributed by atoms with Crippen molar-refractivity contribution in [2.45, 2.75) is 24.7 Å². The molecule has 0 fully saturated rings. The number of fused-ring (bicyclic) bond motifs is 2. The molecular weight excluding hydrogens is 529 g/mol. The van der Waals surface area contributed by atoms with Crippen molar-refractivity contribution in [2.75, 3.05) is 0 Å². The van der Waals surface area contributed by atoms with Crippen molar-refractivity contribution in [3.05, 3.63) is 54.1 Å². The summed E-state index contributed by atoms with van der Waals surface area (Å²) in [6.07, 6.45) is -5.07. The van der Waals surface area contributed by atoms with Gasteiger partial charge in [0, 0.05) is 11.1 Å². The molecular formula is C17H9Br2F3N2O3S. The number of rotatable bonds is 2. The van der Waals surface area contributed by atoms with Gasteiger partial charge in [0.2, 0.25) is 0 Å². The van der Waals surface area contributed by atoms with Crippen molar-refractivity contribution in [1.82, 2.24) is 10.2 Å². The molecule has 0 unspecified atom stereocenters. The summed E-state index contributed by atoms with van der Waals surface area (Å²) in [6, 6.07) is 4.56. The van der Waals surface area contributed by atoms with E-state index in [9.17, 15) is 27.6 Å². The SMILES string of the molecule is O=C1c2ccccc2C(=O)N1[C@H]1C[C@@H](NC(=O)C(F)(F)F)c2c(Br)sc(Br)c21. The number of benzene rings is 1. The van der Waals surface area contributed by atoms with Gasteiger partial charge >= 0.3 is 12.1 Å². The highest BCUT2D eigenvalue weighted by Crippen LogP contribution is 2.54. The van der Waals surface area contributed by atoms with Crippen LogP contribution in [0.3, 0.4) is 0 Å². The largest absolute Gasteiger partial charge is 0.471 e. The maximum absolute atomic E-state index is 12.8. The number of hydrogen-bond donors (Lipinski definition) is 1. The van der Waals surface area contributed by atoms with Gasteiger partial charge in [-0.05, 0) is 50.4 Å². The first kappa shape index (κ1) is 19.6. The lowest BCUT2D eigenvalue weighted by Crippen LogP contribution is -2.39. The van der Waals surface area contributed by atoms with Crippen molar-refractivity contribution >= 4 is 60.9 Å². The summed E-state index contributed by atoms with van der Waals surface area (Å²) in [5.41, 5.74) is 1.47. The Balaban J connectivity index is 1.74. The van der Waals surface area contributed by atoms with Crippen LogP contribution in [-0.2, 0) is 4.79 Å². The minimum Gasteiger partial charge on any atom is -0.341 e. The molecule has 146 valence electrons. The van der Waals surface area contributed by atoms with E-state index in [1.165, 1.54) is 23.5 Å². The Morgan fingerprint density at radius 2 is 1.61 bits per heavy atom. The van der Waals surface area contributed by atoms with Gasteiger partial charge in [0.1, 0.15) is 0 Å². The maximum atomic E-state index is 12.8. The number of halogens is 5. The molecule has 0 bridgehead atoms. The predicted molar refractivity (Wildman–Crippen MR) is 101 cm³/mol. The van der Waals surface area contributed by atoms with Crippen molar-refractivity contribution in [1.29, 1.82) is 0 Å². The first-order chi connectivity index (χ1) is 13.1. The Kier molecular flexibility index (Phi) is 4.66. The Hall–Kier alpha value is -1.72. The van der Waals surface area contributed by atoms with Gasteiger partial charge in [-0.2, -0.15) is 13.2 Å². The zero-order valence-corrected chi connectivity index (χ0v) is 17.6. The molecule has 28 heavy (non-hydrogen) atoms. The normalized spacial score (nSPS) is 21.1. The van der Waals surface area contributed by atoms with Crippen LogP contribution in [-0.4, -0.2) is 28.8 Å². The molecule has 1 aliphatic heterocycles. The van der Waals surface area contributed by atoms with Crippen LogP contribution in [0.5, 0.6) is 0 Å². The van der Waals surface area contributed by atoms with E-state index in [0.29, 0.717) is 18.7 Å². The molecule has 1 N–H and O–H groups in total. The molecule has 2 aromatic rings. The molecule has 5 nitrogen and oxygen atoms in total. The Bertz CT molecular complexity index is 1000. The topological polar surface area (TPSA) is 66.5 Å². The Morgan fingerprint density at radius 1 is 1.07 bits per heavy atom. The molecule has 1 aromatic heterocycles. The average Bonchev–Trinajstić information content (AvgIpc) is 3.21. The van der Waals surface area contributed by atoms with Crippen molar-refractivity contribution in [2.24, 2.45) is 0 Å². The second kappa shape index (κ2) is 6.67. The van der Waals surface area contributed by atoms with Gasteiger partial charge < -0.3 is 5.32 Å². The molecule has 11 heteroatoms. The molecule has 2 aliphatic rings. The van der Waals surface area contributed by atoms with Crippen molar-refractivity contribution in [3.63, 3.8) is 0 Å². The number of thiophene rings is 1. The quantitative estimate of drug-likeness (QED) is 0.563. The summed E-state index contributed by atoms with van der Waals surface area (Å²) >= 11 is 7.89. The van der Waals surface area contributed by atoms with Crippen LogP contribution >= 0.6 is 43.2 Å². The Morgan fingerprint density at radius 3 is 2.14 bits per heavy atom. The van der Waals surface area contributed by atoms with Crippen LogP contribution < -0.4 is 5.32 Å². The highest BCUT2D eigenvalue weighted by atomic mass is 79.9. The summed E-state index contributed by atoms with van der Waals surface area (Å²) in [5, 5.41) is 1.98. The van der Waals surface area contributed by atoms with E-state index >= 15 is 0 Å². The minimum absolute atomic E-state index is 0.0390. The molecule has 2 heterocycles. The molecule has 2 atom stereocenters. The molecule has 0 radical (unpaired) electrons.